The van der Waals surface area contributed by atoms with Crippen LogP contribution in [0.15, 0.2) is 65.7 Å². The van der Waals surface area contributed by atoms with E-state index in [9.17, 15) is 14.4 Å². The fraction of sp³-hybridized carbons (Fsp3) is 0.259. The van der Waals surface area contributed by atoms with Crippen LogP contribution in [0.1, 0.15) is 37.0 Å². The molecule has 1 aromatic carbocycles. The quantitative estimate of drug-likeness (QED) is 0.443. The molecular formula is C27H26N6O4. The number of carbonyl (C=O) groups excluding carboxylic acids is 3. The van der Waals surface area contributed by atoms with E-state index in [2.05, 4.69) is 20.3 Å². The van der Waals surface area contributed by atoms with Crippen molar-refractivity contribution in [2.45, 2.75) is 32.7 Å². The Kier molecular flexibility index (Phi) is 6.63. The number of anilines is 2. The molecule has 0 unspecified atom stereocenters. The van der Waals surface area contributed by atoms with Crippen LogP contribution >= 0.6 is 0 Å². The molecule has 0 spiro atoms. The van der Waals surface area contributed by atoms with Crippen molar-refractivity contribution in [3.63, 3.8) is 0 Å². The van der Waals surface area contributed by atoms with Crippen molar-refractivity contribution < 1.29 is 18.8 Å². The first-order chi connectivity index (χ1) is 17.9. The highest BCUT2D eigenvalue weighted by Gasteiger charge is 2.24. The molecule has 0 saturated carbocycles. The highest BCUT2D eigenvalue weighted by molar-refractivity contribution is 6.12. The van der Waals surface area contributed by atoms with Gasteiger partial charge in [0.2, 0.25) is 17.8 Å². The first-order valence-electron chi connectivity index (χ1n) is 12.0. The molecule has 37 heavy (non-hydrogen) atoms. The molecule has 1 fully saturated rings. The Morgan fingerprint density at radius 3 is 2.27 bits per heavy atom. The normalized spacial score (nSPS) is 13.9. The van der Waals surface area contributed by atoms with Gasteiger partial charge in [0, 0.05) is 55.7 Å². The number of imide groups is 1. The van der Waals surface area contributed by atoms with Gasteiger partial charge in [-0.3, -0.25) is 19.4 Å². The fourth-order valence-corrected chi connectivity index (χ4v) is 4.58. The van der Waals surface area contributed by atoms with Gasteiger partial charge in [0.05, 0.1) is 30.0 Å². The Labute approximate surface area is 213 Å². The summed E-state index contributed by atoms with van der Waals surface area (Å²) in [7, 11) is 0. The smallest absolute Gasteiger partial charge is 0.251 e. The number of furan rings is 1. The van der Waals surface area contributed by atoms with Gasteiger partial charge in [0.1, 0.15) is 5.58 Å². The van der Waals surface area contributed by atoms with E-state index >= 15 is 0 Å². The van der Waals surface area contributed by atoms with E-state index in [4.69, 9.17) is 4.42 Å². The predicted octanol–water partition coefficient (Wildman–Crippen LogP) is 3.58. The van der Waals surface area contributed by atoms with Gasteiger partial charge < -0.3 is 14.6 Å². The number of rotatable bonds is 5. The van der Waals surface area contributed by atoms with Crippen LogP contribution in [0.2, 0.25) is 0 Å². The lowest BCUT2D eigenvalue weighted by Crippen LogP contribution is -2.45. The van der Waals surface area contributed by atoms with Crippen molar-refractivity contribution in [3.8, 4) is 11.3 Å². The highest BCUT2D eigenvalue weighted by atomic mass is 16.3. The molecular weight excluding hydrogens is 472 g/mol. The van der Waals surface area contributed by atoms with Gasteiger partial charge in [-0.2, -0.15) is 0 Å². The van der Waals surface area contributed by atoms with Gasteiger partial charge in [-0.15, -0.1) is 0 Å². The zero-order chi connectivity index (χ0) is 25.9. The number of pyridine rings is 1. The molecule has 0 aliphatic carbocycles. The molecule has 5 rings (SSSR count). The summed E-state index contributed by atoms with van der Waals surface area (Å²) in [5.74, 6) is -0.366. The maximum Gasteiger partial charge on any atom is 0.251 e. The third-order valence-corrected chi connectivity index (χ3v) is 6.43. The van der Waals surface area contributed by atoms with Gasteiger partial charge in [0.25, 0.3) is 5.91 Å². The molecule has 1 saturated heterocycles. The van der Waals surface area contributed by atoms with E-state index in [1.54, 1.807) is 24.6 Å². The van der Waals surface area contributed by atoms with Crippen molar-refractivity contribution >= 4 is 40.3 Å². The van der Waals surface area contributed by atoms with Crippen molar-refractivity contribution in [1.29, 1.82) is 0 Å². The first kappa shape index (κ1) is 24.1. The van der Waals surface area contributed by atoms with E-state index in [0.29, 0.717) is 30.3 Å². The Balaban J connectivity index is 1.17. The molecule has 10 heteroatoms. The highest BCUT2D eigenvalue weighted by Crippen LogP contribution is 2.27. The van der Waals surface area contributed by atoms with E-state index in [-0.39, 0.29) is 23.8 Å². The number of fused-ring (bicyclic) bond motifs is 1. The fourth-order valence-electron chi connectivity index (χ4n) is 4.58. The number of nitrogens with zero attached hydrogens (tertiary/aromatic N) is 5. The second kappa shape index (κ2) is 10.2. The molecule has 0 bridgehead atoms. The lowest BCUT2D eigenvalue weighted by atomic mass is 10.0. The van der Waals surface area contributed by atoms with Crippen LogP contribution in [0.3, 0.4) is 0 Å². The van der Waals surface area contributed by atoms with Crippen LogP contribution in [0.4, 0.5) is 11.6 Å². The summed E-state index contributed by atoms with van der Waals surface area (Å²) >= 11 is 0. The van der Waals surface area contributed by atoms with Crippen LogP contribution in [-0.4, -0.2) is 51.8 Å². The number of carbonyl (C=O) groups is 3. The zero-order valence-electron chi connectivity index (χ0n) is 20.5. The van der Waals surface area contributed by atoms with Crippen LogP contribution in [0.5, 0.6) is 0 Å². The number of aromatic nitrogens is 3. The second-order valence-corrected chi connectivity index (χ2v) is 8.92. The first-order valence-corrected chi connectivity index (χ1v) is 12.0. The molecule has 3 amide bonds. The topological polar surface area (TPSA) is 122 Å². The van der Waals surface area contributed by atoms with Gasteiger partial charge in [0.15, 0.2) is 0 Å². The molecule has 4 aromatic rings. The molecule has 188 valence electrons. The van der Waals surface area contributed by atoms with E-state index in [1.807, 2.05) is 29.2 Å². The summed E-state index contributed by atoms with van der Waals surface area (Å²) in [6.07, 6.45) is 7.79. The zero-order valence-corrected chi connectivity index (χ0v) is 20.5. The van der Waals surface area contributed by atoms with E-state index in [1.165, 1.54) is 26.2 Å². The molecule has 0 radical (unpaired) electrons. The Hall–Kier alpha value is -4.60. The number of hydrogen-bond acceptors (Lipinski definition) is 8. The minimum atomic E-state index is -0.387. The van der Waals surface area contributed by atoms with Gasteiger partial charge in [-0.1, -0.05) is 12.1 Å². The summed E-state index contributed by atoms with van der Waals surface area (Å²) in [5.41, 5.74) is 3.43. The maximum atomic E-state index is 12.9. The van der Waals surface area contributed by atoms with Crippen molar-refractivity contribution in [3.05, 3.63) is 66.8 Å². The number of amides is 3. The van der Waals surface area contributed by atoms with Crippen LogP contribution < -0.4 is 15.1 Å². The predicted molar refractivity (Wildman–Crippen MR) is 138 cm³/mol. The number of nitrogens with one attached hydrogen (secondary N) is 1. The third-order valence-electron chi connectivity index (χ3n) is 6.43. The number of piperidine rings is 1. The number of benzene rings is 1. The maximum absolute atomic E-state index is 12.9. The molecule has 1 N–H and O–H groups in total. The summed E-state index contributed by atoms with van der Waals surface area (Å²) in [4.78, 5) is 52.5. The minimum Gasteiger partial charge on any atom is -0.464 e. The van der Waals surface area contributed by atoms with Crippen LogP contribution in [0.25, 0.3) is 22.2 Å². The minimum absolute atomic E-state index is 0.0370. The van der Waals surface area contributed by atoms with Gasteiger partial charge >= 0.3 is 0 Å². The molecule has 3 aromatic heterocycles. The molecule has 1 aliphatic heterocycles. The van der Waals surface area contributed by atoms with Crippen molar-refractivity contribution in [2.75, 3.05) is 22.9 Å². The summed E-state index contributed by atoms with van der Waals surface area (Å²) in [6.45, 7) is 3.99. The van der Waals surface area contributed by atoms with Gasteiger partial charge in [-0.25, -0.2) is 14.9 Å². The largest absolute Gasteiger partial charge is 0.464 e. The second-order valence-electron chi connectivity index (χ2n) is 8.92. The SMILES string of the molecule is CC(=O)N(C(C)=O)c1cnc(N2CCC(NC(=O)c3ccc(-c4nccc5occc45)cc3)CC2)nc1. The average Bonchev–Trinajstić information content (AvgIpc) is 3.39. The Bertz CT molecular complexity index is 1430. The van der Waals surface area contributed by atoms with Crippen molar-refractivity contribution in [2.24, 2.45) is 0 Å². The molecule has 10 nitrogen and oxygen atoms in total. The van der Waals surface area contributed by atoms with Crippen molar-refractivity contribution in [1.82, 2.24) is 20.3 Å². The molecule has 1 aliphatic rings. The van der Waals surface area contributed by atoms with E-state index in [0.717, 1.165) is 40.0 Å². The summed E-state index contributed by atoms with van der Waals surface area (Å²) in [5, 5.41) is 4.05. The Morgan fingerprint density at radius 1 is 0.946 bits per heavy atom. The lowest BCUT2D eigenvalue weighted by Gasteiger charge is -2.32. The van der Waals surface area contributed by atoms with Crippen LogP contribution in [0, 0.1) is 0 Å². The Morgan fingerprint density at radius 2 is 1.62 bits per heavy atom. The third kappa shape index (κ3) is 5.04. The number of hydrogen-bond donors (Lipinski definition) is 1. The standard InChI is InChI=1S/C27H26N6O4/c1-17(34)33(18(2)35)22-15-29-27(30-16-22)32-12-8-21(9-13-32)31-26(36)20-5-3-19(4-6-20)25-23-10-14-37-24(23)7-11-28-25/h3-7,10-11,14-16,21H,8-9,12-13H2,1-2H3,(H,31,36). The summed E-state index contributed by atoms with van der Waals surface area (Å²) < 4.78 is 5.45. The van der Waals surface area contributed by atoms with Gasteiger partial charge in [-0.05, 0) is 37.1 Å². The summed E-state index contributed by atoms with van der Waals surface area (Å²) in [6, 6.07) is 11.2. The molecule has 4 heterocycles. The van der Waals surface area contributed by atoms with Crippen LogP contribution in [-0.2, 0) is 9.59 Å². The monoisotopic (exact) mass is 498 g/mol. The van der Waals surface area contributed by atoms with E-state index < -0.39 is 0 Å². The molecule has 0 atom stereocenters. The average molecular weight is 499 g/mol. The lowest BCUT2D eigenvalue weighted by molar-refractivity contribution is -0.124.